The van der Waals surface area contributed by atoms with E-state index in [2.05, 4.69) is 0 Å². The lowest BCUT2D eigenvalue weighted by atomic mass is 10.1. The largest absolute Gasteiger partial charge is 0.530 e. The van der Waals surface area contributed by atoms with Crippen LogP contribution in [0.5, 0.6) is 0 Å². The smallest absolute Gasteiger partial charge is 0.136 e. The number of carbonyl (C=O) groups excluding carboxylic acids is 1. The zero-order valence-electron chi connectivity index (χ0n) is 5.62. The molecule has 1 fully saturated rings. The van der Waals surface area contributed by atoms with Gasteiger partial charge in [0, 0.05) is 25.6 Å². The summed E-state index contributed by atoms with van der Waals surface area (Å²) in [5.41, 5.74) is 0. The van der Waals surface area contributed by atoms with Crippen LogP contribution in [0.25, 0.3) is 0 Å². The van der Waals surface area contributed by atoms with E-state index in [1.54, 1.807) is 0 Å². The van der Waals surface area contributed by atoms with Gasteiger partial charge in [0.15, 0.2) is 0 Å². The van der Waals surface area contributed by atoms with Crippen molar-refractivity contribution in [2.45, 2.75) is 6.42 Å². The van der Waals surface area contributed by atoms with Gasteiger partial charge in [-0.1, -0.05) is 0 Å². The van der Waals surface area contributed by atoms with Crippen LogP contribution in [0, 0.1) is 5.92 Å². The molecule has 1 aliphatic heterocycles. The van der Waals surface area contributed by atoms with Gasteiger partial charge in [-0.05, 0) is 6.42 Å². The van der Waals surface area contributed by atoms with Gasteiger partial charge in [0.1, 0.15) is 6.09 Å². The van der Waals surface area contributed by atoms with Crippen molar-refractivity contribution >= 4 is 6.09 Å². The molecule has 4 heteroatoms. The van der Waals surface area contributed by atoms with E-state index < -0.39 is 6.09 Å². The molecule has 4 nitrogen and oxygen atoms in total. The summed E-state index contributed by atoms with van der Waals surface area (Å²) in [7, 11) is 0. The molecule has 1 aliphatic rings. The van der Waals surface area contributed by atoms with E-state index >= 15 is 0 Å². The molecular weight excluding hydrogens is 134 g/mol. The van der Waals surface area contributed by atoms with Crippen LogP contribution in [0.1, 0.15) is 6.42 Å². The summed E-state index contributed by atoms with van der Waals surface area (Å²) in [6.45, 7) is 1.01. The molecule has 0 spiro atoms. The molecular formula is C6H10NO3-. The van der Waals surface area contributed by atoms with Crippen molar-refractivity contribution in [1.82, 2.24) is 4.90 Å². The summed E-state index contributed by atoms with van der Waals surface area (Å²) in [4.78, 5) is 11.4. The summed E-state index contributed by atoms with van der Waals surface area (Å²) in [5.74, 6) is 0.123. The first-order chi connectivity index (χ1) is 4.74. The first-order valence-electron chi connectivity index (χ1n) is 3.31. The molecule has 1 N–H and O–H groups in total. The highest BCUT2D eigenvalue weighted by Gasteiger charge is 2.20. The van der Waals surface area contributed by atoms with Gasteiger partial charge < -0.3 is 19.9 Å². The number of nitrogens with zero attached hydrogens (tertiary/aromatic N) is 1. The lowest BCUT2D eigenvalue weighted by Gasteiger charge is -2.17. The number of aliphatic hydroxyl groups excluding tert-OH is 1. The molecule has 1 saturated heterocycles. The number of carbonyl (C=O) groups is 1. The Morgan fingerprint density at radius 1 is 1.80 bits per heavy atom. The Hall–Kier alpha value is -0.770. The lowest BCUT2D eigenvalue weighted by Crippen LogP contribution is -2.39. The highest BCUT2D eigenvalue weighted by Crippen LogP contribution is 2.13. The average Bonchev–Trinajstić information content (AvgIpc) is 2.34. The number of carboxylic acid groups (broad SMARTS) is 1. The van der Waals surface area contributed by atoms with E-state index in [-0.39, 0.29) is 12.5 Å². The number of amides is 1. The third-order valence-electron chi connectivity index (χ3n) is 1.80. The Morgan fingerprint density at radius 3 is 2.80 bits per heavy atom. The molecule has 10 heavy (non-hydrogen) atoms. The van der Waals surface area contributed by atoms with E-state index in [4.69, 9.17) is 5.11 Å². The maximum atomic E-state index is 10.2. The minimum atomic E-state index is -1.13. The zero-order valence-corrected chi connectivity index (χ0v) is 5.62. The van der Waals surface area contributed by atoms with Crippen LogP contribution in [0.3, 0.4) is 0 Å². The second-order valence-electron chi connectivity index (χ2n) is 2.55. The monoisotopic (exact) mass is 144 g/mol. The van der Waals surface area contributed by atoms with Crippen LogP contribution in [0.4, 0.5) is 4.79 Å². The molecule has 0 radical (unpaired) electrons. The molecule has 0 bridgehead atoms. The Labute approximate surface area is 59.1 Å². The number of rotatable bonds is 1. The van der Waals surface area contributed by atoms with Gasteiger partial charge in [-0.15, -0.1) is 0 Å². The van der Waals surface area contributed by atoms with Crippen LogP contribution >= 0.6 is 0 Å². The van der Waals surface area contributed by atoms with Crippen molar-refractivity contribution in [3.63, 3.8) is 0 Å². The minimum absolute atomic E-state index is 0.0732. The maximum absolute atomic E-state index is 10.2. The second-order valence-corrected chi connectivity index (χ2v) is 2.55. The molecule has 58 valence electrons. The van der Waals surface area contributed by atoms with E-state index in [1.165, 1.54) is 4.90 Å². The fourth-order valence-electron chi connectivity index (χ4n) is 1.15. The van der Waals surface area contributed by atoms with Gasteiger partial charge in [0.05, 0.1) is 0 Å². The fraction of sp³-hybridized carbons (Fsp3) is 0.833. The number of likely N-dealkylation sites (tertiary alicyclic amines) is 1. The predicted octanol–water partition coefficient (Wildman–Crippen LogP) is -1.36. The van der Waals surface area contributed by atoms with Crippen molar-refractivity contribution < 1.29 is 15.0 Å². The quantitative estimate of drug-likeness (QED) is 0.494. The summed E-state index contributed by atoms with van der Waals surface area (Å²) in [6.07, 6.45) is -0.374. The molecule has 1 heterocycles. The van der Waals surface area contributed by atoms with Crippen molar-refractivity contribution in [1.29, 1.82) is 0 Å². The van der Waals surface area contributed by atoms with Crippen LogP contribution in [-0.4, -0.2) is 35.8 Å². The topological polar surface area (TPSA) is 63.6 Å². The molecule has 1 atom stereocenters. The first kappa shape index (κ1) is 7.34. The third kappa shape index (κ3) is 1.39. The lowest BCUT2D eigenvalue weighted by molar-refractivity contribution is -0.264. The number of hydrogen-bond donors (Lipinski definition) is 1. The van der Waals surface area contributed by atoms with Crippen molar-refractivity contribution in [3.8, 4) is 0 Å². The zero-order chi connectivity index (χ0) is 7.56. The summed E-state index contributed by atoms with van der Waals surface area (Å²) < 4.78 is 0. The highest BCUT2D eigenvalue weighted by molar-refractivity contribution is 5.62. The Balaban J connectivity index is 2.35. The fourth-order valence-corrected chi connectivity index (χ4v) is 1.15. The Bertz CT molecular complexity index is 137. The molecule has 0 aromatic heterocycles. The van der Waals surface area contributed by atoms with Gasteiger partial charge >= 0.3 is 0 Å². The normalized spacial score (nSPS) is 25.3. The Morgan fingerprint density at radius 2 is 2.50 bits per heavy atom. The van der Waals surface area contributed by atoms with E-state index in [0.29, 0.717) is 13.1 Å². The molecule has 0 aromatic carbocycles. The van der Waals surface area contributed by atoms with E-state index in [0.717, 1.165) is 6.42 Å². The van der Waals surface area contributed by atoms with E-state index in [1.807, 2.05) is 0 Å². The van der Waals surface area contributed by atoms with Gasteiger partial charge in [0.25, 0.3) is 0 Å². The van der Waals surface area contributed by atoms with Gasteiger partial charge in [-0.25, -0.2) is 0 Å². The second kappa shape index (κ2) is 2.88. The highest BCUT2D eigenvalue weighted by atomic mass is 16.4. The first-order valence-corrected chi connectivity index (χ1v) is 3.31. The van der Waals surface area contributed by atoms with Crippen LogP contribution in [0.2, 0.25) is 0 Å². The molecule has 0 unspecified atom stereocenters. The standard InChI is InChI=1S/C6H11NO3/c8-4-5-1-2-7(3-5)6(9)10/h5,8H,1-4H2,(H,9,10)/p-1/t5-/m1/s1. The minimum Gasteiger partial charge on any atom is -0.530 e. The summed E-state index contributed by atoms with van der Waals surface area (Å²) in [5, 5.41) is 18.8. The maximum Gasteiger partial charge on any atom is 0.136 e. The molecule has 0 aliphatic carbocycles. The van der Waals surface area contributed by atoms with Crippen LogP contribution in [-0.2, 0) is 0 Å². The number of hydrogen-bond acceptors (Lipinski definition) is 3. The van der Waals surface area contributed by atoms with Crippen LogP contribution in [0.15, 0.2) is 0 Å². The summed E-state index contributed by atoms with van der Waals surface area (Å²) >= 11 is 0. The van der Waals surface area contributed by atoms with Crippen molar-refractivity contribution in [2.24, 2.45) is 5.92 Å². The predicted molar refractivity (Wildman–Crippen MR) is 32.2 cm³/mol. The average molecular weight is 144 g/mol. The summed E-state index contributed by atoms with van der Waals surface area (Å²) in [6, 6.07) is 0. The molecule has 1 amide bonds. The van der Waals surface area contributed by atoms with Crippen molar-refractivity contribution in [3.05, 3.63) is 0 Å². The molecule has 0 saturated carbocycles. The molecule has 0 aromatic rings. The Kier molecular flexibility index (Phi) is 2.11. The third-order valence-corrected chi connectivity index (χ3v) is 1.80. The molecule has 1 rings (SSSR count). The van der Waals surface area contributed by atoms with Crippen LogP contribution < -0.4 is 5.11 Å². The number of aliphatic hydroxyl groups is 1. The van der Waals surface area contributed by atoms with E-state index in [9.17, 15) is 9.90 Å². The van der Waals surface area contributed by atoms with Gasteiger partial charge in [0.2, 0.25) is 0 Å². The van der Waals surface area contributed by atoms with Gasteiger partial charge in [-0.3, -0.25) is 0 Å². The SMILES string of the molecule is O=C([O-])N1CC[C@@H](CO)C1. The van der Waals surface area contributed by atoms with Crippen molar-refractivity contribution in [2.75, 3.05) is 19.7 Å². The van der Waals surface area contributed by atoms with Gasteiger partial charge in [-0.2, -0.15) is 0 Å².